The van der Waals surface area contributed by atoms with E-state index >= 15 is 0 Å². The Balaban J connectivity index is 1.72. The number of piperazine rings is 1. The van der Waals surface area contributed by atoms with Crippen molar-refractivity contribution in [1.82, 2.24) is 40.1 Å². The van der Waals surface area contributed by atoms with Crippen molar-refractivity contribution < 1.29 is 4.52 Å². The lowest BCUT2D eigenvalue weighted by Crippen LogP contribution is -2.44. The van der Waals surface area contributed by atoms with Gasteiger partial charge in [0.1, 0.15) is 0 Å². The number of hydrogen-bond acceptors (Lipinski definition) is 8. The lowest BCUT2D eigenvalue weighted by Gasteiger charge is -2.30. The molecular weight excluding hydrogens is 356 g/mol. The largest absolute Gasteiger partial charge is 0.334 e. The summed E-state index contributed by atoms with van der Waals surface area (Å²) in [5.41, 5.74) is 3.51. The van der Waals surface area contributed by atoms with Gasteiger partial charge >= 0.3 is 0 Å². The van der Waals surface area contributed by atoms with Crippen molar-refractivity contribution in [1.29, 1.82) is 0 Å². The van der Waals surface area contributed by atoms with Gasteiger partial charge in [-0.25, -0.2) is 14.6 Å². The van der Waals surface area contributed by atoms with Crippen LogP contribution < -0.4 is 5.32 Å². The van der Waals surface area contributed by atoms with Crippen LogP contribution in [-0.4, -0.2) is 61.5 Å². The molecule has 0 aliphatic carbocycles. The zero-order valence-electron chi connectivity index (χ0n) is 17.0. The van der Waals surface area contributed by atoms with Crippen LogP contribution in [0.25, 0.3) is 17.4 Å². The van der Waals surface area contributed by atoms with Gasteiger partial charge in [-0.3, -0.25) is 4.90 Å². The summed E-state index contributed by atoms with van der Waals surface area (Å²) in [4.78, 5) is 15.9. The Hall–Kier alpha value is -2.65. The molecule has 1 aliphatic heterocycles. The number of aromatic nitrogens is 6. The number of aryl methyl sites for hydroxylation is 2. The second-order valence-electron chi connectivity index (χ2n) is 7.64. The average Bonchev–Trinajstić information content (AvgIpc) is 3.28. The SMILES string of the molecule is Cc1cc(C)nc(-n2cc(-c3nc(C4CNCCN4C)no3)c(C(C)C)n2)n1. The smallest absolute Gasteiger partial charge is 0.261 e. The third-order valence-electron chi connectivity index (χ3n) is 4.95. The van der Waals surface area contributed by atoms with Gasteiger partial charge < -0.3 is 9.84 Å². The molecule has 1 N–H and O–H groups in total. The molecule has 1 atom stereocenters. The fourth-order valence-corrected chi connectivity index (χ4v) is 3.46. The molecule has 1 unspecified atom stereocenters. The third kappa shape index (κ3) is 3.55. The number of rotatable bonds is 4. The predicted molar refractivity (Wildman–Crippen MR) is 104 cm³/mol. The summed E-state index contributed by atoms with van der Waals surface area (Å²) in [6.45, 7) is 10.8. The second-order valence-corrected chi connectivity index (χ2v) is 7.64. The van der Waals surface area contributed by atoms with Crippen molar-refractivity contribution in [2.45, 2.75) is 39.7 Å². The molecule has 0 aromatic carbocycles. The van der Waals surface area contributed by atoms with Crippen LogP contribution in [0.5, 0.6) is 0 Å². The maximum absolute atomic E-state index is 5.63. The molecule has 0 spiro atoms. The monoisotopic (exact) mass is 382 g/mol. The summed E-state index contributed by atoms with van der Waals surface area (Å²) < 4.78 is 7.33. The standard InChI is InChI=1S/C19H26N8O/c1-11(2)16-14(10-27(24-16)19-21-12(3)8-13(4)22-19)18-23-17(25-28-18)15-9-20-6-7-26(15)5/h8,10-11,15,20H,6-7,9H2,1-5H3. The normalized spacial score (nSPS) is 18.1. The molecule has 28 heavy (non-hydrogen) atoms. The van der Waals surface area contributed by atoms with Crippen LogP contribution in [-0.2, 0) is 0 Å². The van der Waals surface area contributed by atoms with Gasteiger partial charge in [0.2, 0.25) is 0 Å². The van der Waals surface area contributed by atoms with Crippen LogP contribution >= 0.6 is 0 Å². The molecule has 3 aromatic rings. The van der Waals surface area contributed by atoms with Gasteiger partial charge in [-0.15, -0.1) is 0 Å². The summed E-state index contributed by atoms with van der Waals surface area (Å²) in [6.07, 6.45) is 1.88. The number of nitrogens with zero attached hydrogens (tertiary/aromatic N) is 7. The Labute approximate surface area is 164 Å². The summed E-state index contributed by atoms with van der Waals surface area (Å²) in [7, 11) is 2.08. The summed E-state index contributed by atoms with van der Waals surface area (Å²) in [6, 6.07) is 2.04. The Bertz CT molecular complexity index is 956. The van der Waals surface area contributed by atoms with Gasteiger partial charge in [-0.05, 0) is 32.9 Å². The fourth-order valence-electron chi connectivity index (χ4n) is 3.46. The minimum atomic E-state index is 0.103. The lowest BCUT2D eigenvalue weighted by molar-refractivity contribution is 0.190. The van der Waals surface area contributed by atoms with Gasteiger partial charge in [0.15, 0.2) is 5.82 Å². The van der Waals surface area contributed by atoms with Crippen LogP contribution in [0.3, 0.4) is 0 Å². The van der Waals surface area contributed by atoms with Crippen molar-refractivity contribution in [2.75, 3.05) is 26.7 Å². The Morgan fingerprint density at radius 1 is 1.18 bits per heavy atom. The highest BCUT2D eigenvalue weighted by molar-refractivity contribution is 5.57. The van der Waals surface area contributed by atoms with E-state index in [4.69, 9.17) is 9.62 Å². The first-order valence-corrected chi connectivity index (χ1v) is 9.59. The van der Waals surface area contributed by atoms with Gasteiger partial charge in [-0.1, -0.05) is 19.0 Å². The molecule has 1 saturated heterocycles. The second kappa shape index (κ2) is 7.40. The molecule has 9 nitrogen and oxygen atoms in total. The first kappa shape index (κ1) is 18.7. The molecule has 1 fully saturated rings. The van der Waals surface area contributed by atoms with E-state index in [1.54, 1.807) is 4.68 Å². The Morgan fingerprint density at radius 3 is 2.61 bits per heavy atom. The maximum Gasteiger partial charge on any atom is 0.261 e. The van der Waals surface area contributed by atoms with E-state index in [1.165, 1.54) is 0 Å². The van der Waals surface area contributed by atoms with Crippen LogP contribution in [0.1, 0.15) is 48.7 Å². The number of likely N-dealkylation sites (N-methyl/N-ethyl adjacent to an activating group) is 1. The molecule has 0 radical (unpaired) electrons. The maximum atomic E-state index is 5.63. The minimum Gasteiger partial charge on any atom is -0.334 e. The van der Waals surface area contributed by atoms with E-state index in [9.17, 15) is 0 Å². The van der Waals surface area contributed by atoms with E-state index in [-0.39, 0.29) is 12.0 Å². The van der Waals surface area contributed by atoms with Crippen molar-refractivity contribution in [2.24, 2.45) is 0 Å². The van der Waals surface area contributed by atoms with E-state index in [1.807, 2.05) is 26.1 Å². The molecule has 0 bridgehead atoms. The van der Waals surface area contributed by atoms with Crippen LogP contribution in [0.2, 0.25) is 0 Å². The predicted octanol–water partition coefficient (Wildman–Crippen LogP) is 2.03. The fraction of sp³-hybridized carbons (Fsp3) is 0.526. The molecule has 0 amide bonds. The summed E-state index contributed by atoms with van der Waals surface area (Å²) in [5, 5.41) is 12.3. The Morgan fingerprint density at radius 2 is 1.93 bits per heavy atom. The topological polar surface area (TPSA) is 97.8 Å². The molecule has 4 heterocycles. The third-order valence-corrected chi connectivity index (χ3v) is 4.95. The van der Waals surface area contributed by atoms with E-state index in [2.05, 4.69) is 51.2 Å². The highest BCUT2D eigenvalue weighted by Gasteiger charge is 2.27. The van der Waals surface area contributed by atoms with E-state index in [0.717, 1.165) is 42.3 Å². The van der Waals surface area contributed by atoms with Gasteiger partial charge in [0.25, 0.3) is 11.8 Å². The van der Waals surface area contributed by atoms with Gasteiger partial charge in [-0.2, -0.15) is 10.1 Å². The van der Waals surface area contributed by atoms with E-state index in [0.29, 0.717) is 17.7 Å². The highest BCUT2D eigenvalue weighted by Crippen LogP contribution is 2.29. The number of nitrogens with one attached hydrogen (secondary N) is 1. The van der Waals surface area contributed by atoms with E-state index < -0.39 is 0 Å². The number of hydrogen-bond donors (Lipinski definition) is 1. The van der Waals surface area contributed by atoms with Gasteiger partial charge in [0.05, 0.1) is 17.3 Å². The van der Waals surface area contributed by atoms with Crippen LogP contribution in [0.15, 0.2) is 16.8 Å². The van der Waals surface area contributed by atoms with Crippen LogP contribution in [0.4, 0.5) is 0 Å². The first-order valence-electron chi connectivity index (χ1n) is 9.59. The zero-order chi connectivity index (χ0) is 19.8. The minimum absolute atomic E-state index is 0.103. The lowest BCUT2D eigenvalue weighted by atomic mass is 10.1. The molecule has 0 saturated carbocycles. The van der Waals surface area contributed by atoms with Crippen molar-refractivity contribution in [3.8, 4) is 17.4 Å². The van der Waals surface area contributed by atoms with Gasteiger partial charge in [0, 0.05) is 37.2 Å². The average molecular weight is 382 g/mol. The zero-order valence-corrected chi connectivity index (χ0v) is 17.0. The van der Waals surface area contributed by atoms with Crippen molar-refractivity contribution >= 4 is 0 Å². The Kier molecular flexibility index (Phi) is 4.94. The van der Waals surface area contributed by atoms with Crippen molar-refractivity contribution in [3.05, 3.63) is 35.2 Å². The molecule has 148 valence electrons. The quantitative estimate of drug-likeness (QED) is 0.732. The molecule has 3 aromatic heterocycles. The summed E-state index contributed by atoms with van der Waals surface area (Å²) >= 11 is 0. The molecule has 4 rings (SSSR count). The van der Waals surface area contributed by atoms with Crippen LogP contribution in [0, 0.1) is 13.8 Å². The molecular formula is C19H26N8O. The first-order chi connectivity index (χ1) is 13.4. The summed E-state index contributed by atoms with van der Waals surface area (Å²) in [5.74, 6) is 1.90. The van der Waals surface area contributed by atoms with Crippen molar-refractivity contribution in [3.63, 3.8) is 0 Å². The highest BCUT2D eigenvalue weighted by atomic mass is 16.5. The molecule has 1 aliphatic rings. The molecule has 9 heteroatoms.